The molecule has 0 radical (unpaired) electrons. The van der Waals surface area contributed by atoms with Crippen molar-refractivity contribution in [2.75, 3.05) is 38.3 Å². The van der Waals surface area contributed by atoms with Crippen LogP contribution in [0, 0.1) is 0 Å². The van der Waals surface area contributed by atoms with Crippen LogP contribution in [0.2, 0.25) is 0 Å². The Kier molecular flexibility index (Phi) is 4.70. The summed E-state index contributed by atoms with van der Waals surface area (Å²) in [6.07, 6.45) is 0. The standard InChI is InChI=1S/C16H19N3O3/c1-20-14-5-3-2-4-13(14)12-22-16-7-6-15(17-18-16)19-8-10-21-11-9-19/h2-7H,8-12H2,1H3. The Bertz CT molecular complexity index is 598. The van der Waals surface area contributed by atoms with Crippen LogP contribution in [-0.4, -0.2) is 43.6 Å². The number of nitrogens with zero attached hydrogens (tertiary/aromatic N) is 3. The van der Waals surface area contributed by atoms with Crippen LogP contribution >= 0.6 is 0 Å². The summed E-state index contributed by atoms with van der Waals surface area (Å²) in [5.74, 6) is 2.16. The number of ether oxygens (including phenoxy) is 3. The highest BCUT2D eigenvalue weighted by Gasteiger charge is 2.13. The van der Waals surface area contributed by atoms with Gasteiger partial charge in [-0.1, -0.05) is 18.2 Å². The second-order valence-corrected chi connectivity index (χ2v) is 4.93. The van der Waals surface area contributed by atoms with Crippen LogP contribution in [-0.2, 0) is 11.3 Å². The summed E-state index contributed by atoms with van der Waals surface area (Å²) in [4.78, 5) is 2.15. The Morgan fingerprint density at radius 2 is 1.91 bits per heavy atom. The van der Waals surface area contributed by atoms with Gasteiger partial charge in [-0.15, -0.1) is 10.2 Å². The number of hydrogen-bond acceptors (Lipinski definition) is 6. The van der Waals surface area contributed by atoms with E-state index < -0.39 is 0 Å². The van der Waals surface area contributed by atoms with Crippen LogP contribution < -0.4 is 14.4 Å². The number of aromatic nitrogens is 2. The lowest BCUT2D eigenvalue weighted by Crippen LogP contribution is -2.36. The first-order valence-corrected chi connectivity index (χ1v) is 7.28. The monoisotopic (exact) mass is 301 g/mol. The molecular formula is C16H19N3O3. The predicted octanol–water partition coefficient (Wildman–Crippen LogP) is 1.90. The molecule has 0 unspecified atom stereocenters. The van der Waals surface area contributed by atoms with E-state index in [4.69, 9.17) is 14.2 Å². The first-order valence-electron chi connectivity index (χ1n) is 7.28. The van der Waals surface area contributed by atoms with Gasteiger partial charge in [0.25, 0.3) is 0 Å². The van der Waals surface area contributed by atoms with E-state index in [2.05, 4.69) is 15.1 Å². The van der Waals surface area contributed by atoms with Crippen LogP contribution in [0.1, 0.15) is 5.56 Å². The highest BCUT2D eigenvalue weighted by Crippen LogP contribution is 2.20. The van der Waals surface area contributed by atoms with E-state index >= 15 is 0 Å². The molecule has 0 atom stereocenters. The quantitative estimate of drug-likeness (QED) is 0.841. The average molecular weight is 301 g/mol. The number of rotatable bonds is 5. The van der Waals surface area contributed by atoms with Gasteiger partial charge in [-0.2, -0.15) is 0 Å². The maximum atomic E-state index is 5.68. The van der Waals surface area contributed by atoms with E-state index in [1.807, 2.05) is 36.4 Å². The lowest BCUT2D eigenvalue weighted by Gasteiger charge is -2.27. The fourth-order valence-electron chi connectivity index (χ4n) is 2.32. The lowest BCUT2D eigenvalue weighted by molar-refractivity contribution is 0.122. The fraction of sp³-hybridized carbons (Fsp3) is 0.375. The van der Waals surface area contributed by atoms with Gasteiger partial charge < -0.3 is 19.1 Å². The molecule has 1 aliphatic heterocycles. The predicted molar refractivity (Wildman–Crippen MR) is 82.4 cm³/mol. The minimum absolute atomic E-state index is 0.398. The summed E-state index contributed by atoms with van der Waals surface area (Å²) in [6.45, 7) is 3.54. The summed E-state index contributed by atoms with van der Waals surface area (Å²) < 4.78 is 16.3. The Balaban J connectivity index is 1.61. The van der Waals surface area contributed by atoms with Gasteiger partial charge in [-0.05, 0) is 12.1 Å². The zero-order chi connectivity index (χ0) is 15.2. The third-order valence-electron chi connectivity index (χ3n) is 3.53. The number of anilines is 1. The second kappa shape index (κ2) is 7.09. The molecule has 0 amide bonds. The third-order valence-corrected chi connectivity index (χ3v) is 3.53. The van der Waals surface area contributed by atoms with Crippen molar-refractivity contribution in [1.82, 2.24) is 10.2 Å². The van der Waals surface area contributed by atoms with Crippen molar-refractivity contribution in [3.8, 4) is 11.6 Å². The molecule has 0 N–H and O–H groups in total. The molecule has 2 aromatic rings. The van der Waals surface area contributed by atoms with Gasteiger partial charge in [0.2, 0.25) is 5.88 Å². The van der Waals surface area contributed by atoms with Gasteiger partial charge in [-0.3, -0.25) is 0 Å². The van der Waals surface area contributed by atoms with Crippen molar-refractivity contribution in [1.29, 1.82) is 0 Å². The first kappa shape index (κ1) is 14.6. The van der Waals surface area contributed by atoms with Crippen LogP contribution in [0.3, 0.4) is 0 Å². The molecule has 0 saturated carbocycles. The van der Waals surface area contributed by atoms with Gasteiger partial charge in [0, 0.05) is 24.7 Å². The Hall–Kier alpha value is -2.34. The Morgan fingerprint density at radius 3 is 2.64 bits per heavy atom. The van der Waals surface area contributed by atoms with Crippen molar-refractivity contribution >= 4 is 5.82 Å². The highest BCUT2D eigenvalue weighted by molar-refractivity contribution is 5.38. The average Bonchev–Trinajstić information content (AvgIpc) is 2.61. The molecule has 0 spiro atoms. The molecule has 1 aliphatic rings. The van der Waals surface area contributed by atoms with Crippen molar-refractivity contribution < 1.29 is 14.2 Å². The van der Waals surface area contributed by atoms with Gasteiger partial charge in [0.05, 0.1) is 20.3 Å². The molecule has 0 aliphatic carbocycles. The SMILES string of the molecule is COc1ccccc1COc1ccc(N2CCOCC2)nn1. The van der Waals surface area contributed by atoms with Gasteiger partial charge >= 0.3 is 0 Å². The summed E-state index contributed by atoms with van der Waals surface area (Å²) in [7, 11) is 1.65. The summed E-state index contributed by atoms with van der Waals surface area (Å²) in [5, 5.41) is 8.35. The van der Waals surface area contributed by atoms with E-state index in [1.165, 1.54) is 0 Å². The van der Waals surface area contributed by atoms with Gasteiger partial charge in [0.1, 0.15) is 12.4 Å². The fourth-order valence-corrected chi connectivity index (χ4v) is 2.32. The molecule has 1 saturated heterocycles. The zero-order valence-corrected chi connectivity index (χ0v) is 12.6. The maximum absolute atomic E-state index is 5.68. The summed E-state index contributed by atoms with van der Waals surface area (Å²) >= 11 is 0. The van der Waals surface area contributed by atoms with Crippen LogP contribution in [0.15, 0.2) is 36.4 Å². The molecule has 1 aromatic carbocycles. The summed E-state index contributed by atoms with van der Waals surface area (Å²) in [5.41, 5.74) is 0.976. The molecular weight excluding hydrogens is 282 g/mol. The third kappa shape index (κ3) is 3.46. The summed E-state index contributed by atoms with van der Waals surface area (Å²) in [6, 6.07) is 11.5. The second-order valence-electron chi connectivity index (χ2n) is 4.93. The molecule has 22 heavy (non-hydrogen) atoms. The number of para-hydroxylation sites is 1. The smallest absolute Gasteiger partial charge is 0.233 e. The Morgan fingerprint density at radius 1 is 1.09 bits per heavy atom. The van der Waals surface area contributed by atoms with Crippen LogP contribution in [0.5, 0.6) is 11.6 Å². The van der Waals surface area contributed by atoms with E-state index in [-0.39, 0.29) is 0 Å². The molecule has 116 valence electrons. The van der Waals surface area contributed by atoms with E-state index in [1.54, 1.807) is 7.11 Å². The zero-order valence-electron chi connectivity index (χ0n) is 12.6. The molecule has 6 nitrogen and oxygen atoms in total. The molecule has 2 heterocycles. The normalized spacial score (nSPS) is 14.7. The lowest BCUT2D eigenvalue weighted by atomic mass is 10.2. The van der Waals surface area contributed by atoms with Crippen molar-refractivity contribution in [3.63, 3.8) is 0 Å². The molecule has 0 bridgehead atoms. The number of benzene rings is 1. The Labute approximate surface area is 129 Å². The van der Waals surface area contributed by atoms with Gasteiger partial charge in [0.15, 0.2) is 5.82 Å². The largest absolute Gasteiger partial charge is 0.496 e. The number of morpholine rings is 1. The minimum atomic E-state index is 0.398. The molecule has 6 heteroatoms. The van der Waals surface area contributed by atoms with E-state index in [0.29, 0.717) is 12.5 Å². The highest BCUT2D eigenvalue weighted by atomic mass is 16.5. The van der Waals surface area contributed by atoms with Crippen molar-refractivity contribution in [2.24, 2.45) is 0 Å². The first-order chi connectivity index (χ1) is 10.9. The molecule has 1 fully saturated rings. The van der Waals surface area contributed by atoms with E-state index in [9.17, 15) is 0 Å². The topological polar surface area (TPSA) is 56.7 Å². The van der Waals surface area contributed by atoms with Crippen molar-refractivity contribution in [3.05, 3.63) is 42.0 Å². The van der Waals surface area contributed by atoms with Crippen molar-refractivity contribution in [2.45, 2.75) is 6.61 Å². The van der Waals surface area contributed by atoms with Crippen LogP contribution in [0.25, 0.3) is 0 Å². The van der Waals surface area contributed by atoms with Gasteiger partial charge in [-0.25, -0.2) is 0 Å². The van der Waals surface area contributed by atoms with E-state index in [0.717, 1.165) is 43.4 Å². The maximum Gasteiger partial charge on any atom is 0.233 e. The molecule has 3 rings (SSSR count). The molecule has 1 aromatic heterocycles. The van der Waals surface area contributed by atoms with Crippen LogP contribution in [0.4, 0.5) is 5.82 Å². The number of hydrogen-bond donors (Lipinski definition) is 0. The minimum Gasteiger partial charge on any atom is -0.496 e. The number of methoxy groups -OCH3 is 1.